The maximum atomic E-state index is 5.88. The second kappa shape index (κ2) is 4.90. The molecule has 1 rings (SSSR count). The minimum absolute atomic E-state index is 0.177. The SMILES string of the molecule is C#CC(NC)c1cc(Cl)ccc1OC. The van der Waals surface area contributed by atoms with Crippen LogP contribution in [0.3, 0.4) is 0 Å². The van der Waals surface area contributed by atoms with E-state index in [1.54, 1.807) is 32.4 Å². The van der Waals surface area contributed by atoms with Gasteiger partial charge in [0.05, 0.1) is 13.2 Å². The maximum absolute atomic E-state index is 5.88. The Morgan fingerprint density at radius 1 is 1.57 bits per heavy atom. The summed E-state index contributed by atoms with van der Waals surface area (Å²) >= 11 is 5.88. The van der Waals surface area contributed by atoms with Gasteiger partial charge in [0, 0.05) is 10.6 Å². The monoisotopic (exact) mass is 209 g/mol. The Hall–Kier alpha value is -1.17. The lowest BCUT2D eigenvalue weighted by atomic mass is 10.1. The van der Waals surface area contributed by atoms with Crippen LogP contribution in [0, 0.1) is 12.3 Å². The largest absolute Gasteiger partial charge is 0.496 e. The highest BCUT2D eigenvalue weighted by Crippen LogP contribution is 2.27. The topological polar surface area (TPSA) is 21.3 Å². The van der Waals surface area contributed by atoms with Crippen molar-refractivity contribution in [3.05, 3.63) is 28.8 Å². The van der Waals surface area contributed by atoms with Crippen molar-refractivity contribution in [3.8, 4) is 18.1 Å². The summed E-state index contributed by atoms with van der Waals surface area (Å²) in [6.45, 7) is 0. The van der Waals surface area contributed by atoms with E-state index < -0.39 is 0 Å². The molecule has 0 amide bonds. The van der Waals surface area contributed by atoms with Crippen molar-refractivity contribution in [3.63, 3.8) is 0 Å². The molecule has 1 atom stereocenters. The number of terminal acetylenes is 1. The third-order valence-corrected chi connectivity index (χ3v) is 2.19. The molecule has 0 aliphatic carbocycles. The number of rotatable bonds is 3. The van der Waals surface area contributed by atoms with Crippen LogP contribution in [0.25, 0.3) is 0 Å². The summed E-state index contributed by atoms with van der Waals surface area (Å²) in [5.74, 6) is 3.36. The predicted molar refractivity (Wildman–Crippen MR) is 58.6 cm³/mol. The van der Waals surface area contributed by atoms with Gasteiger partial charge in [-0.25, -0.2) is 0 Å². The highest BCUT2D eigenvalue weighted by molar-refractivity contribution is 6.30. The molecule has 74 valence electrons. The number of hydrogen-bond acceptors (Lipinski definition) is 2. The number of halogens is 1. The van der Waals surface area contributed by atoms with Gasteiger partial charge in [0.1, 0.15) is 5.75 Å². The minimum Gasteiger partial charge on any atom is -0.496 e. The fraction of sp³-hybridized carbons (Fsp3) is 0.273. The van der Waals surface area contributed by atoms with Gasteiger partial charge in [-0.05, 0) is 25.2 Å². The quantitative estimate of drug-likeness (QED) is 0.771. The molecule has 0 spiro atoms. The molecule has 0 heterocycles. The van der Waals surface area contributed by atoms with Crippen molar-refractivity contribution in [1.82, 2.24) is 5.32 Å². The van der Waals surface area contributed by atoms with Crippen molar-refractivity contribution in [2.45, 2.75) is 6.04 Å². The summed E-state index contributed by atoms with van der Waals surface area (Å²) in [7, 11) is 3.40. The van der Waals surface area contributed by atoms with Crippen LogP contribution in [-0.4, -0.2) is 14.2 Å². The van der Waals surface area contributed by atoms with E-state index in [2.05, 4.69) is 11.2 Å². The number of hydrogen-bond donors (Lipinski definition) is 1. The molecule has 0 bridgehead atoms. The van der Waals surface area contributed by atoms with Gasteiger partial charge in [-0.15, -0.1) is 6.42 Å². The summed E-state index contributed by atoms with van der Waals surface area (Å²) in [5.41, 5.74) is 0.880. The molecule has 14 heavy (non-hydrogen) atoms. The molecule has 1 N–H and O–H groups in total. The fourth-order valence-corrected chi connectivity index (χ4v) is 1.44. The molecule has 0 aromatic heterocycles. The predicted octanol–water partition coefficient (Wildman–Crippen LogP) is 2.24. The Kier molecular flexibility index (Phi) is 3.82. The van der Waals surface area contributed by atoms with Crippen LogP contribution in [0.4, 0.5) is 0 Å². The van der Waals surface area contributed by atoms with E-state index in [0.717, 1.165) is 11.3 Å². The van der Waals surface area contributed by atoms with E-state index >= 15 is 0 Å². The average Bonchev–Trinajstić information content (AvgIpc) is 2.20. The first-order valence-electron chi connectivity index (χ1n) is 4.19. The first-order valence-corrected chi connectivity index (χ1v) is 4.57. The van der Waals surface area contributed by atoms with Crippen molar-refractivity contribution < 1.29 is 4.74 Å². The van der Waals surface area contributed by atoms with E-state index in [9.17, 15) is 0 Å². The normalized spacial score (nSPS) is 11.9. The van der Waals surface area contributed by atoms with Gasteiger partial charge in [-0.1, -0.05) is 17.5 Å². The third-order valence-electron chi connectivity index (χ3n) is 1.96. The molecule has 0 saturated heterocycles. The van der Waals surface area contributed by atoms with Gasteiger partial charge in [-0.3, -0.25) is 0 Å². The van der Waals surface area contributed by atoms with Gasteiger partial charge in [0.25, 0.3) is 0 Å². The minimum atomic E-state index is -0.177. The molecular weight excluding hydrogens is 198 g/mol. The average molecular weight is 210 g/mol. The molecule has 0 fully saturated rings. The van der Waals surface area contributed by atoms with E-state index in [1.807, 2.05) is 0 Å². The molecule has 0 radical (unpaired) electrons. The van der Waals surface area contributed by atoms with Crippen LogP contribution in [0.15, 0.2) is 18.2 Å². The lowest BCUT2D eigenvalue weighted by molar-refractivity contribution is 0.406. The number of nitrogens with one attached hydrogen (secondary N) is 1. The first kappa shape index (κ1) is 10.9. The highest BCUT2D eigenvalue weighted by atomic mass is 35.5. The zero-order valence-electron chi connectivity index (χ0n) is 8.17. The second-order valence-electron chi connectivity index (χ2n) is 2.77. The van der Waals surface area contributed by atoms with Crippen molar-refractivity contribution in [1.29, 1.82) is 0 Å². The Morgan fingerprint density at radius 2 is 2.29 bits per heavy atom. The Morgan fingerprint density at radius 3 is 2.79 bits per heavy atom. The Labute approximate surface area is 89.2 Å². The number of methoxy groups -OCH3 is 1. The van der Waals surface area contributed by atoms with Crippen LogP contribution >= 0.6 is 11.6 Å². The van der Waals surface area contributed by atoms with Crippen LogP contribution in [-0.2, 0) is 0 Å². The Balaban J connectivity index is 3.16. The van der Waals surface area contributed by atoms with E-state index in [1.165, 1.54) is 0 Å². The standard InChI is InChI=1S/C11H12ClNO/c1-4-10(13-2)9-7-8(12)5-6-11(9)14-3/h1,5-7,10,13H,2-3H3. The van der Waals surface area contributed by atoms with Crippen LogP contribution in [0.5, 0.6) is 5.75 Å². The van der Waals surface area contributed by atoms with Crippen LogP contribution in [0.1, 0.15) is 11.6 Å². The lowest BCUT2D eigenvalue weighted by Crippen LogP contribution is -2.15. The van der Waals surface area contributed by atoms with Crippen molar-refractivity contribution >= 4 is 11.6 Å². The molecule has 0 aliphatic heterocycles. The number of benzene rings is 1. The van der Waals surface area contributed by atoms with Gasteiger partial charge in [0.2, 0.25) is 0 Å². The Bertz CT molecular complexity index is 357. The molecule has 3 heteroatoms. The van der Waals surface area contributed by atoms with E-state index in [0.29, 0.717) is 5.02 Å². The van der Waals surface area contributed by atoms with E-state index in [-0.39, 0.29) is 6.04 Å². The smallest absolute Gasteiger partial charge is 0.124 e. The summed E-state index contributed by atoms with van der Waals surface area (Å²) in [4.78, 5) is 0. The zero-order chi connectivity index (χ0) is 10.6. The molecule has 2 nitrogen and oxygen atoms in total. The van der Waals surface area contributed by atoms with Crippen LogP contribution < -0.4 is 10.1 Å². The number of ether oxygens (including phenoxy) is 1. The molecule has 1 unspecified atom stereocenters. The fourth-order valence-electron chi connectivity index (χ4n) is 1.26. The highest BCUT2D eigenvalue weighted by Gasteiger charge is 2.11. The molecular formula is C11H12ClNO. The third kappa shape index (κ3) is 2.20. The second-order valence-corrected chi connectivity index (χ2v) is 3.21. The summed E-state index contributed by atoms with van der Waals surface area (Å²) in [6, 6.07) is 5.21. The van der Waals surface area contributed by atoms with Gasteiger partial charge < -0.3 is 10.1 Å². The summed E-state index contributed by atoms with van der Waals surface area (Å²) in [6.07, 6.45) is 5.38. The maximum Gasteiger partial charge on any atom is 0.124 e. The molecule has 0 aliphatic rings. The summed E-state index contributed by atoms with van der Waals surface area (Å²) in [5, 5.41) is 3.64. The molecule has 0 saturated carbocycles. The molecule has 1 aromatic rings. The van der Waals surface area contributed by atoms with Crippen LogP contribution in [0.2, 0.25) is 5.02 Å². The first-order chi connectivity index (χ1) is 6.72. The van der Waals surface area contributed by atoms with Crippen molar-refractivity contribution in [2.75, 3.05) is 14.2 Å². The van der Waals surface area contributed by atoms with Gasteiger partial charge in [0.15, 0.2) is 0 Å². The zero-order valence-corrected chi connectivity index (χ0v) is 8.93. The summed E-state index contributed by atoms with van der Waals surface area (Å²) < 4.78 is 5.19. The molecule has 1 aromatic carbocycles. The van der Waals surface area contributed by atoms with Crippen molar-refractivity contribution in [2.24, 2.45) is 0 Å². The lowest BCUT2D eigenvalue weighted by Gasteiger charge is -2.14. The van der Waals surface area contributed by atoms with Gasteiger partial charge in [-0.2, -0.15) is 0 Å². The van der Waals surface area contributed by atoms with E-state index in [4.69, 9.17) is 22.8 Å². The van der Waals surface area contributed by atoms with Gasteiger partial charge >= 0.3 is 0 Å².